The molecular weight excluding hydrogens is 422 g/mol. The number of carbonyl (C=O) groups excluding carboxylic acids is 2. The minimum absolute atomic E-state index is 0.0212. The highest BCUT2D eigenvalue weighted by molar-refractivity contribution is 6.01. The van der Waals surface area contributed by atoms with E-state index >= 15 is 0 Å². The van der Waals surface area contributed by atoms with Crippen LogP contribution < -0.4 is 16.4 Å². The first-order valence-corrected chi connectivity index (χ1v) is 13.1. The van der Waals surface area contributed by atoms with Gasteiger partial charge in [0.25, 0.3) is 5.91 Å². The van der Waals surface area contributed by atoms with Crippen molar-refractivity contribution in [2.24, 2.45) is 23.5 Å². The molecule has 0 radical (unpaired) electrons. The van der Waals surface area contributed by atoms with Crippen LogP contribution in [0.4, 0.5) is 5.69 Å². The smallest absolute Gasteiger partial charge is 0.253 e. The summed E-state index contributed by atoms with van der Waals surface area (Å²) >= 11 is 0. The highest BCUT2D eigenvalue weighted by Crippen LogP contribution is 2.55. The minimum atomic E-state index is -0.448. The first kappa shape index (κ1) is 22.9. The Morgan fingerprint density at radius 1 is 0.941 bits per heavy atom. The van der Waals surface area contributed by atoms with Crippen LogP contribution in [0.2, 0.25) is 0 Å². The molecule has 4 saturated carbocycles. The predicted molar refractivity (Wildman–Crippen MR) is 137 cm³/mol. The van der Waals surface area contributed by atoms with Crippen molar-refractivity contribution in [3.05, 3.63) is 53.6 Å². The molecule has 0 atom stereocenters. The number of hydrogen-bond donors (Lipinski definition) is 3. The topological polar surface area (TPSA) is 84.2 Å². The molecular formula is C29H37N3O2. The predicted octanol–water partition coefficient (Wildman–Crippen LogP) is 5.75. The van der Waals surface area contributed by atoms with E-state index in [9.17, 15) is 9.59 Å². The lowest BCUT2D eigenvalue weighted by Gasteiger charge is -2.56. The van der Waals surface area contributed by atoms with Gasteiger partial charge in [-0.3, -0.25) is 9.59 Å². The zero-order chi connectivity index (χ0) is 23.7. The lowest BCUT2D eigenvalue weighted by atomic mass is 9.53. The van der Waals surface area contributed by atoms with Gasteiger partial charge in [-0.15, -0.1) is 0 Å². The van der Waals surface area contributed by atoms with Crippen molar-refractivity contribution in [3.63, 3.8) is 0 Å². The van der Waals surface area contributed by atoms with Crippen LogP contribution in [0.5, 0.6) is 0 Å². The number of carbonyl (C=O) groups is 2. The molecule has 0 heterocycles. The van der Waals surface area contributed by atoms with Crippen LogP contribution in [-0.2, 0) is 0 Å². The van der Waals surface area contributed by atoms with E-state index in [1.807, 2.05) is 30.3 Å². The van der Waals surface area contributed by atoms with Crippen molar-refractivity contribution in [3.8, 4) is 11.1 Å². The maximum atomic E-state index is 13.8. The summed E-state index contributed by atoms with van der Waals surface area (Å²) in [5.41, 5.74) is 9.30. The molecule has 0 unspecified atom stereocenters. The number of hydrogen-bond acceptors (Lipinski definition) is 3. The molecule has 5 nitrogen and oxygen atoms in total. The summed E-state index contributed by atoms with van der Waals surface area (Å²) < 4.78 is 0. The summed E-state index contributed by atoms with van der Waals surface area (Å²) in [4.78, 5) is 25.5. The van der Waals surface area contributed by atoms with Gasteiger partial charge in [0, 0.05) is 23.3 Å². The monoisotopic (exact) mass is 459 g/mol. The van der Waals surface area contributed by atoms with Crippen molar-refractivity contribution in [1.82, 2.24) is 5.32 Å². The number of unbranched alkanes of at least 4 members (excludes halogenated alkanes) is 2. The SMILES string of the molecule is CCCCCNc1ccc(-c2cccc(C(N)=O)c2)cc1C(=O)NC12CC3CC(CC(C3)C1)C2. The molecule has 4 aliphatic rings. The highest BCUT2D eigenvalue weighted by Gasteiger charge is 2.51. The van der Waals surface area contributed by atoms with Crippen molar-refractivity contribution in [2.45, 2.75) is 70.3 Å². The number of benzene rings is 2. The molecule has 0 aromatic heterocycles. The highest BCUT2D eigenvalue weighted by atomic mass is 16.2. The first-order valence-electron chi connectivity index (χ1n) is 13.1. The number of nitrogens with one attached hydrogen (secondary N) is 2. The van der Waals surface area contributed by atoms with E-state index < -0.39 is 5.91 Å². The second-order valence-corrected chi connectivity index (χ2v) is 11.0. The maximum absolute atomic E-state index is 13.8. The minimum Gasteiger partial charge on any atom is -0.384 e. The van der Waals surface area contributed by atoms with E-state index in [2.05, 4.69) is 17.6 Å². The molecule has 4 bridgehead atoms. The van der Waals surface area contributed by atoms with E-state index in [-0.39, 0.29) is 11.4 Å². The number of anilines is 1. The van der Waals surface area contributed by atoms with E-state index in [4.69, 9.17) is 5.73 Å². The van der Waals surface area contributed by atoms with Gasteiger partial charge in [0.15, 0.2) is 0 Å². The fourth-order valence-electron chi connectivity index (χ4n) is 7.09. The van der Waals surface area contributed by atoms with E-state index in [1.54, 1.807) is 12.1 Å². The van der Waals surface area contributed by atoms with Gasteiger partial charge in [-0.1, -0.05) is 38.0 Å². The Bertz CT molecular complexity index is 1040. The fraction of sp³-hybridized carbons (Fsp3) is 0.517. The summed E-state index contributed by atoms with van der Waals surface area (Å²) in [6.45, 7) is 3.04. The van der Waals surface area contributed by atoms with Gasteiger partial charge in [0.2, 0.25) is 5.91 Å². The number of primary amides is 1. The molecule has 34 heavy (non-hydrogen) atoms. The molecule has 0 saturated heterocycles. The van der Waals surface area contributed by atoms with Crippen molar-refractivity contribution >= 4 is 17.5 Å². The van der Waals surface area contributed by atoms with E-state index in [0.29, 0.717) is 11.1 Å². The van der Waals surface area contributed by atoms with Crippen molar-refractivity contribution in [1.29, 1.82) is 0 Å². The van der Waals surface area contributed by atoms with Crippen LogP contribution in [0.3, 0.4) is 0 Å². The van der Waals surface area contributed by atoms with Crippen LogP contribution in [0.1, 0.15) is 85.4 Å². The Kier molecular flexibility index (Phi) is 6.37. The molecule has 4 aliphatic carbocycles. The van der Waals surface area contributed by atoms with Gasteiger partial charge < -0.3 is 16.4 Å². The number of nitrogens with two attached hydrogens (primary N) is 1. The van der Waals surface area contributed by atoms with Crippen LogP contribution in [0.25, 0.3) is 11.1 Å². The largest absolute Gasteiger partial charge is 0.384 e. The Labute approximate surface area is 202 Å². The molecule has 6 rings (SSSR count). The average Bonchev–Trinajstić information content (AvgIpc) is 2.81. The van der Waals surface area contributed by atoms with Gasteiger partial charge in [0.1, 0.15) is 0 Å². The van der Waals surface area contributed by atoms with Gasteiger partial charge in [-0.25, -0.2) is 0 Å². The Morgan fingerprint density at radius 2 is 1.62 bits per heavy atom. The summed E-state index contributed by atoms with van der Waals surface area (Å²) in [7, 11) is 0. The summed E-state index contributed by atoms with van der Waals surface area (Å²) in [6, 6.07) is 13.3. The molecule has 2 aromatic rings. The Hall–Kier alpha value is -2.82. The molecule has 4 N–H and O–H groups in total. The van der Waals surface area contributed by atoms with Crippen LogP contribution >= 0.6 is 0 Å². The Balaban J connectivity index is 1.43. The van der Waals surface area contributed by atoms with Gasteiger partial charge in [0.05, 0.1) is 5.56 Å². The standard InChI is InChI=1S/C29H37N3O2/c1-2-3-4-10-31-26-9-8-23(22-6-5-7-24(14-22)27(30)33)15-25(26)28(34)32-29-16-19-11-20(17-29)13-21(12-19)18-29/h5-9,14-15,19-21,31H,2-4,10-13,16-18H2,1H3,(H2,30,33)(H,32,34). The zero-order valence-electron chi connectivity index (χ0n) is 20.2. The third kappa shape index (κ3) is 4.70. The van der Waals surface area contributed by atoms with Crippen LogP contribution in [-0.4, -0.2) is 23.9 Å². The molecule has 5 heteroatoms. The second-order valence-electron chi connectivity index (χ2n) is 11.0. The van der Waals surface area contributed by atoms with Gasteiger partial charge in [-0.2, -0.15) is 0 Å². The molecule has 2 amide bonds. The van der Waals surface area contributed by atoms with E-state index in [0.717, 1.165) is 73.2 Å². The molecule has 0 spiro atoms. The molecule has 4 fully saturated rings. The first-order chi connectivity index (χ1) is 16.4. The second kappa shape index (κ2) is 9.44. The van der Waals surface area contributed by atoms with Crippen molar-refractivity contribution in [2.75, 3.05) is 11.9 Å². The summed E-state index contributed by atoms with van der Waals surface area (Å²) in [5.74, 6) is 1.91. The molecule has 180 valence electrons. The van der Waals surface area contributed by atoms with Gasteiger partial charge >= 0.3 is 0 Å². The summed E-state index contributed by atoms with van der Waals surface area (Å²) in [5, 5.41) is 7.05. The zero-order valence-corrected chi connectivity index (χ0v) is 20.2. The average molecular weight is 460 g/mol. The van der Waals surface area contributed by atoms with E-state index in [1.165, 1.54) is 25.7 Å². The summed E-state index contributed by atoms with van der Waals surface area (Å²) in [6.07, 6.45) is 10.9. The van der Waals surface area contributed by atoms with Crippen LogP contribution in [0.15, 0.2) is 42.5 Å². The lowest BCUT2D eigenvalue weighted by molar-refractivity contribution is -0.0166. The third-order valence-corrected chi connectivity index (χ3v) is 8.26. The Morgan fingerprint density at radius 3 is 2.26 bits per heavy atom. The van der Waals surface area contributed by atoms with Crippen LogP contribution in [0, 0.1) is 17.8 Å². The molecule has 0 aliphatic heterocycles. The third-order valence-electron chi connectivity index (χ3n) is 8.26. The number of rotatable bonds is 9. The van der Waals surface area contributed by atoms with Crippen molar-refractivity contribution < 1.29 is 9.59 Å². The number of amides is 2. The maximum Gasteiger partial charge on any atom is 0.253 e. The lowest BCUT2D eigenvalue weighted by Crippen LogP contribution is -2.59. The molecule has 2 aromatic carbocycles. The normalized spacial score (nSPS) is 26.9. The van der Waals surface area contributed by atoms with Gasteiger partial charge in [-0.05, 0) is 98.1 Å². The quantitative estimate of drug-likeness (QED) is 0.417. The fourth-order valence-corrected chi connectivity index (χ4v) is 7.09.